The number of amides is 1. The summed E-state index contributed by atoms with van der Waals surface area (Å²) in [7, 11) is 0. The summed E-state index contributed by atoms with van der Waals surface area (Å²) in [6, 6.07) is 10.0. The van der Waals surface area contributed by atoms with Crippen molar-refractivity contribution in [2.45, 2.75) is 49.7 Å². The standard InChI is InChI=1S/C22H26N4O2/c23-21(8-4-9-21)20(27)26-12-10-22(11-13-26)18-17(7-14-28-22)15-24-19(25-18)16-5-2-1-3-6-16/h1-3,5-6,15H,4,7-14,23H2. The molecule has 1 spiro atoms. The molecule has 146 valence electrons. The van der Waals surface area contributed by atoms with E-state index in [2.05, 4.69) is 4.98 Å². The second-order valence-electron chi connectivity index (χ2n) is 8.33. The van der Waals surface area contributed by atoms with Gasteiger partial charge in [0.2, 0.25) is 5.91 Å². The number of piperidine rings is 1. The number of likely N-dealkylation sites (tertiary alicyclic amines) is 1. The number of fused-ring (bicyclic) bond motifs is 2. The molecular formula is C22H26N4O2. The van der Waals surface area contributed by atoms with Crippen LogP contribution in [0.5, 0.6) is 0 Å². The van der Waals surface area contributed by atoms with Crippen molar-refractivity contribution in [3.63, 3.8) is 0 Å². The molecule has 0 bridgehead atoms. The predicted octanol–water partition coefficient (Wildman–Crippen LogP) is 2.42. The van der Waals surface area contributed by atoms with Gasteiger partial charge < -0.3 is 15.4 Å². The molecule has 1 aromatic carbocycles. The van der Waals surface area contributed by atoms with Crippen molar-refractivity contribution in [1.82, 2.24) is 14.9 Å². The van der Waals surface area contributed by atoms with Crippen LogP contribution in [0.4, 0.5) is 0 Å². The number of nitrogens with two attached hydrogens (primary N) is 1. The Morgan fingerprint density at radius 2 is 1.86 bits per heavy atom. The smallest absolute Gasteiger partial charge is 0.242 e. The molecule has 0 atom stereocenters. The SMILES string of the molecule is NC1(C(=O)N2CCC3(CC2)OCCc2cnc(-c4ccccc4)nc23)CCC1. The van der Waals surface area contributed by atoms with Crippen molar-refractivity contribution in [2.75, 3.05) is 19.7 Å². The van der Waals surface area contributed by atoms with Crippen LogP contribution in [0, 0.1) is 0 Å². The highest BCUT2D eigenvalue weighted by molar-refractivity contribution is 5.87. The zero-order valence-corrected chi connectivity index (χ0v) is 16.1. The maximum atomic E-state index is 12.8. The van der Waals surface area contributed by atoms with E-state index in [1.54, 1.807) is 0 Å². The van der Waals surface area contributed by atoms with E-state index in [0.29, 0.717) is 19.7 Å². The first kappa shape index (κ1) is 17.8. The van der Waals surface area contributed by atoms with Gasteiger partial charge >= 0.3 is 0 Å². The van der Waals surface area contributed by atoms with Gasteiger partial charge in [-0.25, -0.2) is 9.97 Å². The summed E-state index contributed by atoms with van der Waals surface area (Å²) in [4.78, 5) is 24.3. The molecule has 1 aromatic heterocycles. The number of ether oxygens (including phenoxy) is 1. The fourth-order valence-electron chi connectivity index (χ4n) is 4.67. The van der Waals surface area contributed by atoms with Gasteiger partial charge in [0, 0.05) is 24.8 Å². The summed E-state index contributed by atoms with van der Waals surface area (Å²) in [5, 5.41) is 0. The average Bonchev–Trinajstić information content (AvgIpc) is 2.73. The Bertz CT molecular complexity index is 887. The van der Waals surface area contributed by atoms with Gasteiger partial charge in [0.1, 0.15) is 5.60 Å². The van der Waals surface area contributed by atoms with Gasteiger partial charge in [0.25, 0.3) is 0 Å². The van der Waals surface area contributed by atoms with Gasteiger partial charge in [0.05, 0.1) is 17.8 Å². The number of carbonyl (C=O) groups excluding carboxylic acids is 1. The molecule has 6 nitrogen and oxygen atoms in total. The van der Waals surface area contributed by atoms with Crippen molar-refractivity contribution in [3.05, 3.63) is 47.8 Å². The molecular weight excluding hydrogens is 352 g/mol. The summed E-state index contributed by atoms with van der Waals surface area (Å²) in [6.45, 7) is 2.01. The van der Waals surface area contributed by atoms with E-state index in [4.69, 9.17) is 15.5 Å². The Hall–Kier alpha value is -2.31. The molecule has 5 rings (SSSR count). The van der Waals surface area contributed by atoms with Crippen LogP contribution in [-0.2, 0) is 21.6 Å². The summed E-state index contributed by atoms with van der Waals surface area (Å²) in [5.74, 6) is 0.843. The maximum Gasteiger partial charge on any atom is 0.242 e. The molecule has 3 aliphatic rings. The summed E-state index contributed by atoms with van der Waals surface area (Å²) in [5.41, 5.74) is 8.40. The number of hydrogen-bond donors (Lipinski definition) is 1. The maximum absolute atomic E-state index is 12.8. The number of rotatable bonds is 2. The Labute approximate surface area is 165 Å². The molecule has 0 unspecified atom stereocenters. The lowest BCUT2D eigenvalue weighted by Gasteiger charge is -2.47. The van der Waals surface area contributed by atoms with Crippen molar-refractivity contribution in [3.8, 4) is 11.4 Å². The summed E-state index contributed by atoms with van der Waals surface area (Å²) < 4.78 is 6.32. The molecule has 2 fully saturated rings. The van der Waals surface area contributed by atoms with Crippen LogP contribution in [0.3, 0.4) is 0 Å². The lowest BCUT2D eigenvalue weighted by molar-refractivity contribution is -0.149. The average molecular weight is 378 g/mol. The van der Waals surface area contributed by atoms with E-state index in [9.17, 15) is 4.79 Å². The van der Waals surface area contributed by atoms with Crippen LogP contribution >= 0.6 is 0 Å². The number of hydrogen-bond acceptors (Lipinski definition) is 5. The lowest BCUT2D eigenvalue weighted by Crippen LogP contribution is -2.61. The van der Waals surface area contributed by atoms with Gasteiger partial charge in [-0.3, -0.25) is 4.79 Å². The van der Waals surface area contributed by atoms with Crippen LogP contribution in [0.1, 0.15) is 43.4 Å². The summed E-state index contributed by atoms with van der Waals surface area (Å²) in [6.07, 6.45) is 6.97. The number of carbonyl (C=O) groups is 1. The highest BCUT2D eigenvalue weighted by Crippen LogP contribution is 2.42. The van der Waals surface area contributed by atoms with Crippen LogP contribution in [0.2, 0.25) is 0 Å². The van der Waals surface area contributed by atoms with Crippen LogP contribution < -0.4 is 5.73 Å². The molecule has 2 aliphatic heterocycles. The second kappa shape index (κ2) is 6.64. The van der Waals surface area contributed by atoms with E-state index in [0.717, 1.165) is 55.6 Å². The quantitative estimate of drug-likeness (QED) is 0.868. The minimum absolute atomic E-state index is 0.109. The third-order valence-electron chi connectivity index (χ3n) is 6.61. The van der Waals surface area contributed by atoms with Gasteiger partial charge in [-0.1, -0.05) is 30.3 Å². The normalized spacial score (nSPS) is 22.4. The first-order chi connectivity index (χ1) is 13.6. The van der Waals surface area contributed by atoms with Crippen LogP contribution in [-0.4, -0.2) is 46.0 Å². The zero-order valence-electron chi connectivity index (χ0n) is 16.1. The van der Waals surface area contributed by atoms with Gasteiger partial charge in [-0.05, 0) is 44.1 Å². The second-order valence-corrected chi connectivity index (χ2v) is 8.33. The molecule has 1 saturated heterocycles. The molecule has 1 saturated carbocycles. The number of aromatic nitrogens is 2. The lowest BCUT2D eigenvalue weighted by atomic mass is 9.75. The van der Waals surface area contributed by atoms with E-state index in [-0.39, 0.29) is 5.91 Å². The van der Waals surface area contributed by atoms with Crippen LogP contribution in [0.15, 0.2) is 36.5 Å². The van der Waals surface area contributed by atoms with Crippen molar-refractivity contribution >= 4 is 5.91 Å². The number of nitrogens with zero attached hydrogens (tertiary/aromatic N) is 3. The van der Waals surface area contributed by atoms with E-state index in [1.807, 2.05) is 41.4 Å². The van der Waals surface area contributed by atoms with E-state index in [1.165, 1.54) is 5.56 Å². The Kier molecular flexibility index (Phi) is 4.21. The van der Waals surface area contributed by atoms with Gasteiger partial charge in [0.15, 0.2) is 5.82 Å². The fourth-order valence-corrected chi connectivity index (χ4v) is 4.67. The van der Waals surface area contributed by atoms with Crippen LogP contribution in [0.25, 0.3) is 11.4 Å². The molecule has 3 heterocycles. The van der Waals surface area contributed by atoms with Gasteiger partial charge in [-0.15, -0.1) is 0 Å². The van der Waals surface area contributed by atoms with Crippen molar-refractivity contribution < 1.29 is 9.53 Å². The molecule has 0 radical (unpaired) electrons. The molecule has 28 heavy (non-hydrogen) atoms. The molecule has 2 N–H and O–H groups in total. The zero-order chi connectivity index (χ0) is 19.2. The van der Waals surface area contributed by atoms with Gasteiger partial charge in [-0.2, -0.15) is 0 Å². The topological polar surface area (TPSA) is 81.3 Å². The largest absolute Gasteiger partial charge is 0.368 e. The van der Waals surface area contributed by atoms with Crippen molar-refractivity contribution in [1.29, 1.82) is 0 Å². The Morgan fingerprint density at radius 3 is 2.54 bits per heavy atom. The molecule has 2 aromatic rings. The molecule has 1 aliphatic carbocycles. The first-order valence-corrected chi connectivity index (χ1v) is 10.2. The van der Waals surface area contributed by atoms with E-state index >= 15 is 0 Å². The highest BCUT2D eigenvalue weighted by Gasteiger charge is 2.47. The predicted molar refractivity (Wildman–Crippen MR) is 105 cm³/mol. The fraction of sp³-hybridized carbons (Fsp3) is 0.500. The first-order valence-electron chi connectivity index (χ1n) is 10.2. The highest BCUT2D eigenvalue weighted by atomic mass is 16.5. The molecule has 1 amide bonds. The minimum Gasteiger partial charge on any atom is -0.368 e. The van der Waals surface area contributed by atoms with E-state index < -0.39 is 11.1 Å². The number of benzene rings is 1. The Morgan fingerprint density at radius 1 is 1.11 bits per heavy atom. The minimum atomic E-state index is -0.627. The van der Waals surface area contributed by atoms with Crippen molar-refractivity contribution in [2.24, 2.45) is 5.73 Å². The third kappa shape index (κ3) is 2.83. The summed E-state index contributed by atoms with van der Waals surface area (Å²) >= 11 is 0. The third-order valence-corrected chi connectivity index (χ3v) is 6.61. The Balaban J connectivity index is 1.41. The molecule has 6 heteroatoms. The monoisotopic (exact) mass is 378 g/mol.